The van der Waals surface area contributed by atoms with Crippen LogP contribution in [0.25, 0.3) is 0 Å². The summed E-state index contributed by atoms with van der Waals surface area (Å²) in [6.45, 7) is 1.52. The number of carbonyl (C=O) groups is 1. The van der Waals surface area contributed by atoms with E-state index >= 15 is 0 Å². The van der Waals surface area contributed by atoms with Gasteiger partial charge in [0.1, 0.15) is 23.0 Å². The van der Waals surface area contributed by atoms with Crippen molar-refractivity contribution in [3.63, 3.8) is 0 Å². The first-order valence-electron chi connectivity index (χ1n) is 6.14. The molecule has 0 bridgehead atoms. The second-order valence-corrected chi connectivity index (χ2v) is 4.23. The van der Waals surface area contributed by atoms with Crippen LogP contribution in [-0.2, 0) is 0 Å². The Hall–Kier alpha value is -2.49. The molecule has 0 atom stereocenters. The van der Waals surface area contributed by atoms with E-state index in [-0.39, 0.29) is 5.78 Å². The van der Waals surface area contributed by atoms with Crippen molar-refractivity contribution in [2.75, 3.05) is 14.2 Å². The lowest BCUT2D eigenvalue weighted by Gasteiger charge is -2.10. The monoisotopic (exact) mass is 272 g/mol. The molecule has 2 rings (SSSR count). The number of hydrogen-bond donors (Lipinski definition) is 0. The summed E-state index contributed by atoms with van der Waals surface area (Å²) in [4.78, 5) is 11.4. The van der Waals surface area contributed by atoms with Gasteiger partial charge in [-0.15, -0.1) is 0 Å². The predicted octanol–water partition coefficient (Wildman–Crippen LogP) is 3.70. The molecule has 0 aromatic heterocycles. The molecule has 0 aliphatic carbocycles. The van der Waals surface area contributed by atoms with Gasteiger partial charge in [-0.05, 0) is 19.1 Å². The first-order valence-corrected chi connectivity index (χ1v) is 6.14. The molecule has 104 valence electrons. The molecule has 4 nitrogen and oxygen atoms in total. The van der Waals surface area contributed by atoms with Crippen molar-refractivity contribution in [2.45, 2.75) is 6.92 Å². The van der Waals surface area contributed by atoms with Gasteiger partial charge >= 0.3 is 0 Å². The van der Waals surface area contributed by atoms with Gasteiger partial charge in [-0.1, -0.05) is 12.1 Å². The Morgan fingerprint density at radius 3 is 2.00 bits per heavy atom. The first kappa shape index (κ1) is 13.9. The summed E-state index contributed by atoms with van der Waals surface area (Å²) in [7, 11) is 3.16. The van der Waals surface area contributed by atoms with Crippen LogP contribution in [0.5, 0.6) is 23.0 Å². The van der Waals surface area contributed by atoms with Gasteiger partial charge in [-0.25, -0.2) is 0 Å². The van der Waals surface area contributed by atoms with E-state index in [1.165, 1.54) is 6.92 Å². The summed E-state index contributed by atoms with van der Waals surface area (Å²) in [5.74, 6) is 2.46. The van der Waals surface area contributed by atoms with Crippen molar-refractivity contribution in [3.8, 4) is 23.0 Å². The molecule has 4 heteroatoms. The minimum Gasteiger partial charge on any atom is -0.496 e. The minimum atomic E-state index is -0.00123. The van der Waals surface area contributed by atoms with Crippen LogP contribution in [-0.4, -0.2) is 20.0 Å². The average molecular weight is 272 g/mol. The lowest BCUT2D eigenvalue weighted by Crippen LogP contribution is -1.93. The van der Waals surface area contributed by atoms with Gasteiger partial charge in [0.25, 0.3) is 0 Å². The number of rotatable bonds is 5. The Labute approximate surface area is 117 Å². The van der Waals surface area contributed by atoms with E-state index in [4.69, 9.17) is 14.2 Å². The van der Waals surface area contributed by atoms with Gasteiger partial charge < -0.3 is 14.2 Å². The Morgan fingerprint density at radius 2 is 1.45 bits per heavy atom. The Balaban J connectivity index is 2.29. The highest BCUT2D eigenvalue weighted by atomic mass is 16.5. The lowest BCUT2D eigenvalue weighted by molar-refractivity contribution is 0.101. The molecule has 0 aliphatic rings. The molecule has 2 aromatic rings. The predicted molar refractivity (Wildman–Crippen MR) is 76.1 cm³/mol. The maximum Gasteiger partial charge on any atom is 0.159 e. The largest absolute Gasteiger partial charge is 0.496 e. The smallest absolute Gasteiger partial charge is 0.159 e. The molecule has 0 unspecified atom stereocenters. The van der Waals surface area contributed by atoms with Crippen LogP contribution in [0.2, 0.25) is 0 Å². The highest BCUT2D eigenvalue weighted by molar-refractivity contribution is 5.94. The summed E-state index contributed by atoms with van der Waals surface area (Å²) in [5.41, 5.74) is 0.609. The molecule has 0 N–H and O–H groups in total. The SMILES string of the molecule is COc1cc(OC)cc(Oc2cccc(C(C)=O)c2)c1. The Morgan fingerprint density at radius 1 is 0.850 bits per heavy atom. The summed E-state index contributed by atoms with van der Waals surface area (Å²) >= 11 is 0. The van der Waals surface area contributed by atoms with Gasteiger partial charge in [0.05, 0.1) is 14.2 Å². The molecule has 0 heterocycles. The lowest BCUT2D eigenvalue weighted by atomic mass is 10.1. The first-order chi connectivity index (χ1) is 9.62. The Bertz CT molecular complexity index is 597. The fourth-order valence-electron chi connectivity index (χ4n) is 1.75. The standard InChI is InChI=1S/C16H16O4/c1-11(17)12-5-4-6-13(7-12)20-16-9-14(18-2)8-15(10-16)19-3/h4-10H,1-3H3. The van der Waals surface area contributed by atoms with Crippen molar-refractivity contribution in [3.05, 3.63) is 48.0 Å². The third kappa shape index (κ3) is 3.29. The highest BCUT2D eigenvalue weighted by Crippen LogP contribution is 2.31. The van der Waals surface area contributed by atoms with Gasteiger partial charge in [-0.2, -0.15) is 0 Å². The Kier molecular flexibility index (Phi) is 4.25. The maximum atomic E-state index is 11.4. The second kappa shape index (κ2) is 6.10. The fourth-order valence-corrected chi connectivity index (χ4v) is 1.75. The van der Waals surface area contributed by atoms with Crippen LogP contribution in [0.4, 0.5) is 0 Å². The minimum absolute atomic E-state index is 0.00123. The van der Waals surface area contributed by atoms with E-state index < -0.39 is 0 Å². The summed E-state index contributed by atoms with van der Waals surface area (Å²) < 4.78 is 16.1. The van der Waals surface area contributed by atoms with Gasteiger partial charge in [-0.3, -0.25) is 4.79 Å². The molecule has 0 radical (unpaired) electrons. The molecule has 0 saturated carbocycles. The summed E-state index contributed by atoms with van der Waals surface area (Å²) in [6.07, 6.45) is 0. The van der Waals surface area contributed by atoms with Crippen LogP contribution < -0.4 is 14.2 Å². The van der Waals surface area contributed by atoms with E-state index in [1.54, 1.807) is 56.7 Å². The summed E-state index contributed by atoms with van der Waals surface area (Å²) in [6, 6.07) is 12.3. The molecule has 0 spiro atoms. The molecule has 20 heavy (non-hydrogen) atoms. The van der Waals surface area contributed by atoms with Crippen LogP contribution in [0.15, 0.2) is 42.5 Å². The molecule has 2 aromatic carbocycles. The summed E-state index contributed by atoms with van der Waals surface area (Å²) in [5, 5.41) is 0. The fraction of sp³-hybridized carbons (Fsp3) is 0.188. The second-order valence-electron chi connectivity index (χ2n) is 4.23. The van der Waals surface area contributed by atoms with Crippen molar-refractivity contribution >= 4 is 5.78 Å². The van der Waals surface area contributed by atoms with Gasteiger partial charge in [0, 0.05) is 23.8 Å². The average Bonchev–Trinajstić information content (AvgIpc) is 2.47. The van der Waals surface area contributed by atoms with Crippen molar-refractivity contribution < 1.29 is 19.0 Å². The van der Waals surface area contributed by atoms with Crippen molar-refractivity contribution in [1.29, 1.82) is 0 Å². The topological polar surface area (TPSA) is 44.8 Å². The van der Waals surface area contributed by atoms with E-state index in [9.17, 15) is 4.79 Å². The number of hydrogen-bond acceptors (Lipinski definition) is 4. The molecular formula is C16H16O4. The number of Topliss-reactive ketones (excluding diaryl/α,β-unsaturated/α-hetero) is 1. The third-order valence-corrected chi connectivity index (χ3v) is 2.80. The van der Waals surface area contributed by atoms with Gasteiger partial charge in [0.2, 0.25) is 0 Å². The third-order valence-electron chi connectivity index (χ3n) is 2.80. The van der Waals surface area contributed by atoms with Crippen molar-refractivity contribution in [2.24, 2.45) is 0 Å². The number of ether oxygens (including phenoxy) is 3. The maximum absolute atomic E-state index is 11.4. The zero-order valence-electron chi connectivity index (χ0n) is 11.7. The zero-order chi connectivity index (χ0) is 14.5. The molecule has 0 saturated heterocycles. The van der Waals surface area contributed by atoms with Crippen molar-refractivity contribution in [1.82, 2.24) is 0 Å². The highest BCUT2D eigenvalue weighted by Gasteiger charge is 2.06. The van der Waals surface area contributed by atoms with E-state index in [0.717, 1.165) is 0 Å². The van der Waals surface area contributed by atoms with E-state index in [1.807, 2.05) is 0 Å². The van der Waals surface area contributed by atoms with E-state index in [0.29, 0.717) is 28.6 Å². The molecule has 0 amide bonds. The number of ketones is 1. The number of benzene rings is 2. The van der Waals surface area contributed by atoms with Crippen LogP contribution in [0.1, 0.15) is 17.3 Å². The van der Waals surface area contributed by atoms with E-state index in [2.05, 4.69) is 0 Å². The number of methoxy groups -OCH3 is 2. The van der Waals surface area contributed by atoms with Crippen LogP contribution in [0, 0.1) is 0 Å². The quantitative estimate of drug-likeness (QED) is 0.778. The molecule has 0 fully saturated rings. The van der Waals surface area contributed by atoms with Gasteiger partial charge in [0.15, 0.2) is 5.78 Å². The molecular weight excluding hydrogens is 256 g/mol. The van der Waals surface area contributed by atoms with Crippen LogP contribution >= 0.6 is 0 Å². The van der Waals surface area contributed by atoms with Crippen LogP contribution in [0.3, 0.4) is 0 Å². The number of carbonyl (C=O) groups excluding carboxylic acids is 1. The zero-order valence-corrected chi connectivity index (χ0v) is 11.7. The molecule has 0 aliphatic heterocycles. The normalized spacial score (nSPS) is 9.95.